The van der Waals surface area contributed by atoms with Crippen molar-refractivity contribution in [3.8, 4) is 0 Å². The largest absolute Gasteiger partial charge is 0.472 e. The Morgan fingerprint density at radius 2 is 0.716 bits per heavy atom. The van der Waals surface area contributed by atoms with Crippen LogP contribution in [0, 0.1) is 0 Å². The molecule has 0 aromatic rings. The quantitative estimate of drug-likeness (QED) is 0.0243. The van der Waals surface area contributed by atoms with E-state index in [1.54, 1.807) is 6.08 Å². The van der Waals surface area contributed by atoms with Gasteiger partial charge in [0.2, 0.25) is 5.91 Å². The number of nitrogens with zero attached hydrogens (tertiary/aromatic N) is 1. The highest BCUT2D eigenvalue weighted by Crippen LogP contribution is 2.43. The average Bonchev–Trinajstić information content (AvgIpc) is 3.36. The van der Waals surface area contributed by atoms with E-state index >= 15 is 0 Å². The van der Waals surface area contributed by atoms with Crippen LogP contribution < -0.4 is 5.32 Å². The third-order valence-electron chi connectivity index (χ3n) is 15.5. The molecule has 0 saturated heterocycles. The number of phosphoric ester groups is 1. The van der Waals surface area contributed by atoms with Gasteiger partial charge in [-0.05, 0) is 19.3 Å². The van der Waals surface area contributed by atoms with E-state index in [1.807, 2.05) is 27.2 Å². The second kappa shape index (κ2) is 56.9. The number of aliphatic hydroxyl groups is 1. The SMILES string of the molecule is CCCCCCCCCCCCCCCCCCCCCCCCCCCC/C=C/C(O)C(COP(=O)(O)OCC[N+](C)(C)C)NC(=O)CCCCCCCCCCCCCCCCCCCCCCCCCC. The summed E-state index contributed by atoms with van der Waals surface area (Å²) in [4.78, 5) is 23.4. The van der Waals surface area contributed by atoms with Crippen molar-refractivity contribution in [1.82, 2.24) is 5.32 Å². The molecule has 9 heteroatoms. The normalized spacial score (nSPS) is 13.8. The molecular weight excluding hydrogens is 936 g/mol. The fourth-order valence-corrected chi connectivity index (χ4v) is 11.1. The summed E-state index contributed by atoms with van der Waals surface area (Å²) < 4.78 is 23.8. The van der Waals surface area contributed by atoms with Crippen molar-refractivity contribution < 1.29 is 32.9 Å². The van der Waals surface area contributed by atoms with Crippen molar-refractivity contribution in [1.29, 1.82) is 0 Å². The lowest BCUT2D eigenvalue weighted by molar-refractivity contribution is -0.870. The fraction of sp³-hybridized carbons (Fsp3) is 0.954. The molecule has 0 rings (SSSR count). The number of hydrogen-bond acceptors (Lipinski definition) is 5. The van der Waals surface area contributed by atoms with Gasteiger partial charge in [-0.15, -0.1) is 0 Å². The van der Waals surface area contributed by atoms with E-state index < -0.39 is 20.0 Å². The second-order valence-corrected chi connectivity index (χ2v) is 25.7. The minimum absolute atomic E-state index is 0.0654. The number of unbranched alkanes of at least 4 members (excludes halogenated alkanes) is 49. The maximum atomic E-state index is 13.0. The highest BCUT2D eigenvalue weighted by molar-refractivity contribution is 7.47. The minimum atomic E-state index is -4.35. The van der Waals surface area contributed by atoms with Crippen molar-refractivity contribution in [3.05, 3.63) is 12.2 Å². The Morgan fingerprint density at radius 1 is 0.446 bits per heavy atom. The van der Waals surface area contributed by atoms with Gasteiger partial charge in [0.05, 0.1) is 39.9 Å². The predicted octanol–water partition coefficient (Wildman–Crippen LogP) is 20.6. The molecule has 0 aliphatic carbocycles. The van der Waals surface area contributed by atoms with E-state index in [0.29, 0.717) is 17.4 Å². The van der Waals surface area contributed by atoms with Gasteiger partial charge >= 0.3 is 7.82 Å². The second-order valence-electron chi connectivity index (χ2n) is 24.2. The summed E-state index contributed by atoms with van der Waals surface area (Å²) in [5.74, 6) is -0.168. The van der Waals surface area contributed by atoms with Crippen molar-refractivity contribution in [2.75, 3.05) is 40.9 Å². The summed E-state index contributed by atoms with van der Waals surface area (Å²) in [7, 11) is 1.59. The summed E-state index contributed by atoms with van der Waals surface area (Å²) in [6.45, 7) is 4.89. The van der Waals surface area contributed by atoms with Crippen LogP contribution in [-0.4, -0.2) is 73.4 Å². The van der Waals surface area contributed by atoms with Gasteiger partial charge < -0.3 is 19.8 Å². The van der Waals surface area contributed by atoms with E-state index in [1.165, 1.54) is 295 Å². The summed E-state index contributed by atoms with van der Waals surface area (Å²) in [5, 5.41) is 14.0. The molecule has 0 aliphatic rings. The number of amides is 1. The molecule has 3 unspecified atom stereocenters. The predicted molar refractivity (Wildman–Crippen MR) is 323 cm³/mol. The number of allylic oxidation sites excluding steroid dienone is 1. The number of rotatable bonds is 62. The van der Waals surface area contributed by atoms with Crippen LogP contribution in [0.5, 0.6) is 0 Å². The molecule has 1 amide bonds. The standard InChI is InChI=1S/C65H131N2O6P/c1-6-8-10-12-14-16-18-20-22-24-26-28-30-32-33-34-35-36-38-40-42-44-46-48-50-52-54-56-58-64(68)63(62-73-74(70,71)72-61-60-67(3,4)5)66-65(69)59-57-55-53-51-49-47-45-43-41-39-37-31-29-27-25-23-21-19-17-15-13-11-9-7-2/h56,58,63-64,68H,6-55,57,59-62H2,1-5H3,(H-,66,69,70,71)/p+1/b58-56+. The minimum Gasteiger partial charge on any atom is -0.387 e. The molecule has 0 radical (unpaired) electrons. The Bertz CT molecular complexity index is 1210. The van der Waals surface area contributed by atoms with Crippen molar-refractivity contribution in [2.45, 2.75) is 360 Å². The van der Waals surface area contributed by atoms with Crippen LogP contribution in [-0.2, 0) is 18.4 Å². The number of hydrogen-bond donors (Lipinski definition) is 3. The third-order valence-corrected chi connectivity index (χ3v) is 16.5. The van der Waals surface area contributed by atoms with Crippen LogP contribution >= 0.6 is 7.82 Å². The first-order valence-corrected chi connectivity index (χ1v) is 34.6. The van der Waals surface area contributed by atoms with E-state index in [9.17, 15) is 19.4 Å². The number of likely N-dealkylation sites (N-methyl/N-ethyl adjacent to an activating group) is 1. The molecule has 3 N–H and O–H groups in total. The Labute approximate surface area is 462 Å². The maximum Gasteiger partial charge on any atom is 0.472 e. The highest BCUT2D eigenvalue weighted by Gasteiger charge is 2.28. The molecule has 0 bridgehead atoms. The molecule has 3 atom stereocenters. The van der Waals surface area contributed by atoms with Gasteiger partial charge in [0.15, 0.2) is 0 Å². The van der Waals surface area contributed by atoms with Crippen LogP contribution in [0.1, 0.15) is 348 Å². The lowest BCUT2D eigenvalue weighted by Crippen LogP contribution is -2.45. The van der Waals surface area contributed by atoms with Gasteiger partial charge in [-0.2, -0.15) is 0 Å². The van der Waals surface area contributed by atoms with Crippen LogP contribution in [0.3, 0.4) is 0 Å². The zero-order valence-electron chi connectivity index (χ0n) is 50.6. The van der Waals surface area contributed by atoms with Crippen LogP contribution in [0.4, 0.5) is 0 Å². The molecule has 0 heterocycles. The van der Waals surface area contributed by atoms with Crippen LogP contribution in [0.2, 0.25) is 0 Å². The van der Waals surface area contributed by atoms with Crippen molar-refractivity contribution in [3.63, 3.8) is 0 Å². The molecule has 0 aromatic heterocycles. The number of quaternary nitrogens is 1. The smallest absolute Gasteiger partial charge is 0.387 e. The lowest BCUT2D eigenvalue weighted by Gasteiger charge is -2.25. The van der Waals surface area contributed by atoms with E-state index in [0.717, 1.165) is 32.1 Å². The molecule has 0 aromatic carbocycles. The number of phosphoric acid groups is 1. The Kier molecular flexibility index (Phi) is 56.4. The van der Waals surface area contributed by atoms with Gasteiger partial charge in [-0.3, -0.25) is 13.8 Å². The van der Waals surface area contributed by atoms with Crippen molar-refractivity contribution >= 4 is 13.7 Å². The van der Waals surface area contributed by atoms with Gasteiger partial charge in [-0.1, -0.05) is 334 Å². The molecule has 0 spiro atoms. The molecule has 74 heavy (non-hydrogen) atoms. The molecule has 442 valence electrons. The van der Waals surface area contributed by atoms with E-state index in [2.05, 4.69) is 19.2 Å². The van der Waals surface area contributed by atoms with E-state index in [4.69, 9.17) is 9.05 Å². The summed E-state index contributed by atoms with van der Waals surface area (Å²) in [6.07, 6.45) is 72.0. The van der Waals surface area contributed by atoms with Gasteiger partial charge in [-0.25, -0.2) is 4.57 Å². The Hall–Kier alpha value is -0.760. The number of nitrogens with one attached hydrogen (secondary N) is 1. The molecule has 0 aliphatic heterocycles. The highest BCUT2D eigenvalue weighted by atomic mass is 31.2. The molecular formula is C65H132N2O6P+. The summed E-state index contributed by atoms with van der Waals surface area (Å²) >= 11 is 0. The number of carbonyl (C=O) groups excluding carboxylic acids is 1. The Morgan fingerprint density at radius 3 is 1.00 bits per heavy atom. The topological polar surface area (TPSA) is 105 Å². The van der Waals surface area contributed by atoms with Gasteiger partial charge in [0.1, 0.15) is 13.2 Å². The first kappa shape index (κ1) is 73.2. The molecule has 0 fully saturated rings. The summed E-state index contributed by atoms with van der Waals surface area (Å²) in [6, 6.07) is -0.843. The number of carbonyl (C=O) groups is 1. The summed E-state index contributed by atoms with van der Waals surface area (Å²) in [5.41, 5.74) is 0. The number of aliphatic hydroxyl groups excluding tert-OH is 1. The first-order valence-electron chi connectivity index (χ1n) is 33.1. The van der Waals surface area contributed by atoms with Crippen LogP contribution in [0.15, 0.2) is 12.2 Å². The maximum absolute atomic E-state index is 13.0. The van der Waals surface area contributed by atoms with Gasteiger partial charge in [0, 0.05) is 6.42 Å². The lowest BCUT2D eigenvalue weighted by atomic mass is 10.0. The van der Waals surface area contributed by atoms with Gasteiger partial charge in [0.25, 0.3) is 0 Å². The third kappa shape index (κ3) is 58.9. The molecule has 8 nitrogen and oxygen atoms in total. The fourth-order valence-electron chi connectivity index (χ4n) is 10.3. The first-order chi connectivity index (χ1) is 36.0. The average molecular weight is 1070 g/mol. The van der Waals surface area contributed by atoms with Crippen LogP contribution in [0.25, 0.3) is 0 Å². The zero-order chi connectivity index (χ0) is 54.2. The zero-order valence-corrected chi connectivity index (χ0v) is 51.5. The molecule has 0 saturated carbocycles. The Balaban J connectivity index is 4.08. The monoisotopic (exact) mass is 1070 g/mol. The van der Waals surface area contributed by atoms with E-state index in [-0.39, 0.29) is 19.1 Å². The van der Waals surface area contributed by atoms with Crippen molar-refractivity contribution in [2.24, 2.45) is 0 Å².